The molecule has 0 unspecified atom stereocenters. The van der Waals surface area contributed by atoms with Crippen LogP contribution in [0.15, 0.2) is 24.3 Å². The average Bonchev–Trinajstić information content (AvgIpc) is 2.26. The standard InChI is InChI=1S/C10H10F3NO5S/c11-10(12,13)6-19-14-20(17,18)5-7-1-3-8(4-2-7)9(15)16/h1-4,14H,5-6H2,(H,15,16). The van der Waals surface area contributed by atoms with E-state index in [1.165, 1.54) is 29.2 Å². The topological polar surface area (TPSA) is 92.7 Å². The summed E-state index contributed by atoms with van der Waals surface area (Å²) in [6, 6.07) is 4.85. The minimum atomic E-state index is -4.65. The molecule has 0 saturated carbocycles. The molecule has 0 aliphatic heterocycles. The molecule has 2 N–H and O–H groups in total. The molecule has 0 radical (unpaired) electrons. The molecule has 0 fully saturated rings. The Hall–Kier alpha value is -1.65. The van der Waals surface area contributed by atoms with Crippen LogP contribution in [0.2, 0.25) is 0 Å². The van der Waals surface area contributed by atoms with Gasteiger partial charge in [0.2, 0.25) is 10.0 Å². The summed E-state index contributed by atoms with van der Waals surface area (Å²) >= 11 is 0. The highest BCUT2D eigenvalue weighted by molar-refractivity contribution is 7.88. The second kappa shape index (κ2) is 6.20. The maximum Gasteiger partial charge on any atom is 0.413 e. The molecule has 112 valence electrons. The van der Waals surface area contributed by atoms with Crippen molar-refractivity contribution in [3.8, 4) is 0 Å². The first-order chi connectivity index (χ1) is 9.09. The van der Waals surface area contributed by atoms with Crippen molar-refractivity contribution in [2.75, 3.05) is 6.61 Å². The van der Waals surface area contributed by atoms with E-state index in [1.807, 2.05) is 0 Å². The summed E-state index contributed by atoms with van der Waals surface area (Å²) in [6.07, 6.45) is -4.65. The predicted molar refractivity (Wildman–Crippen MR) is 61.2 cm³/mol. The number of carboxylic acid groups (broad SMARTS) is 1. The van der Waals surface area contributed by atoms with Gasteiger partial charge in [-0.05, 0) is 17.7 Å². The zero-order chi connectivity index (χ0) is 15.4. The molecule has 1 aromatic rings. The number of benzene rings is 1. The summed E-state index contributed by atoms with van der Waals surface area (Å²) in [5.41, 5.74) is 0.172. The first kappa shape index (κ1) is 16.4. The Morgan fingerprint density at radius 1 is 1.25 bits per heavy atom. The molecule has 10 heteroatoms. The lowest BCUT2D eigenvalue weighted by molar-refractivity contribution is -0.181. The molecule has 6 nitrogen and oxygen atoms in total. The smallest absolute Gasteiger partial charge is 0.413 e. The summed E-state index contributed by atoms with van der Waals surface area (Å²) < 4.78 is 58.1. The van der Waals surface area contributed by atoms with Crippen LogP contribution in [0.1, 0.15) is 15.9 Å². The highest BCUT2D eigenvalue weighted by atomic mass is 32.2. The summed E-state index contributed by atoms with van der Waals surface area (Å²) in [6.45, 7) is -1.75. The van der Waals surface area contributed by atoms with E-state index in [1.54, 1.807) is 0 Å². The molecular formula is C10H10F3NO5S. The predicted octanol–water partition coefficient (Wildman–Crippen LogP) is 1.30. The highest BCUT2D eigenvalue weighted by Gasteiger charge is 2.28. The largest absolute Gasteiger partial charge is 0.478 e. The van der Waals surface area contributed by atoms with Gasteiger partial charge < -0.3 is 5.11 Å². The zero-order valence-corrected chi connectivity index (χ0v) is 10.7. The first-order valence-corrected chi connectivity index (χ1v) is 6.74. The van der Waals surface area contributed by atoms with E-state index in [-0.39, 0.29) is 11.1 Å². The third kappa shape index (κ3) is 5.99. The van der Waals surface area contributed by atoms with Crippen LogP contribution in [-0.4, -0.2) is 32.3 Å². The monoisotopic (exact) mass is 313 g/mol. The zero-order valence-electron chi connectivity index (χ0n) is 9.85. The summed E-state index contributed by atoms with van der Waals surface area (Å²) in [7, 11) is -4.11. The molecule has 0 heterocycles. The van der Waals surface area contributed by atoms with Crippen LogP contribution in [-0.2, 0) is 20.6 Å². The van der Waals surface area contributed by atoms with Gasteiger partial charge in [0.1, 0.15) is 0 Å². The van der Waals surface area contributed by atoms with Crippen LogP contribution in [0.5, 0.6) is 0 Å². The van der Waals surface area contributed by atoms with Gasteiger partial charge in [-0.3, -0.25) is 4.84 Å². The number of hydrogen-bond donors (Lipinski definition) is 2. The lowest BCUT2D eigenvalue weighted by Crippen LogP contribution is -2.30. The van der Waals surface area contributed by atoms with Gasteiger partial charge in [-0.25, -0.2) is 13.2 Å². The van der Waals surface area contributed by atoms with Crippen LogP contribution >= 0.6 is 0 Å². The Kier molecular flexibility index (Phi) is 5.09. The van der Waals surface area contributed by atoms with Crippen molar-refractivity contribution in [3.63, 3.8) is 0 Å². The van der Waals surface area contributed by atoms with Gasteiger partial charge >= 0.3 is 12.1 Å². The van der Waals surface area contributed by atoms with Crippen LogP contribution in [0, 0.1) is 0 Å². The quantitative estimate of drug-likeness (QED) is 0.772. The molecule has 0 aromatic heterocycles. The lowest BCUT2D eigenvalue weighted by Gasteiger charge is -2.09. The molecule has 0 bridgehead atoms. The third-order valence-electron chi connectivity index (χ3n) is 1.98. The summed E-state index contributed by atoms with van der Waals surface area (Å²) in [5.74, 6) is -1.81. The van der Waals surface area contributed by atoms with E-state index < -0.39 is 34.5 Å². The van der Waals surface area contributed by atoms with E-state index in [2.05, 4.69) is 4.84 Å². The maximum atomic E-state index is 11.8. The van der Waals surface area contributed by atoms with Gasteiger partial charge in [-0.1, -0.05) is 17.0 Å². The molecule has 0 saturated heterocycles. The minimum absolute atomic E-state index is 0.0348. The molecular weight excluding hydrogens is 303 g/mol. The molecule has 0 aliphatic carbocycles. The number of sulfonamides is 1. The average molecular weight is 313 g/mol. The number of carboxylic acids is 1. The Bertz CT molecular complexity index is 568. The van der Waals surface area contributed by atoms with Gasteiger partial charge in [-0.15, -0.1) is 0 Å². The second-order valence-corrected chi connectivity index (χ2v) is 5.43. The van der Waals surface area contributed by atoms with Crippen molar-refractivity contribution in [2.45, 2.75) is 11.9 Å². The van der Waals surface area contributed by atoms with Crippen LogP contribution < -0.4 is 4.89 Å². The molecule has 0 aliphatic rings. The number of halogens is 3. The Balaban J connectivity index is 2.60. The van der Waals surface area contributed by atoms with E-state index in [9.17, 15) is 26.4 Å². The molecule has 1 rings (SSSR count). The van der Waals surface area contributed by atoms with Crippen molar-refractivity contribution in [1.29, 1.82) is 0 Å². The Labute approximate surface area is 112 Å². The molecule has 0 atom stereocenters. The third-order valence-corrected chi connectivity index (χ3v) is 3.06. The van der Waals surface area contributed by atoms with E-state index in [4.69, 9.17) is 5.11 Å². The molecule has 20 heavy (non-hydrogen) atoms. The number of alkyl halides is 3. The maximum absolute atomic E-state index is 11.8. The van der Waals surface area contributed by atoms with Crippen molar-refractivity contribution < 1.29 is 36.3 Å². The van der Waals surface area contributed by atoms with Crippen LogP contribution in [0.3, 0.4) is 0 Å². The SMILES string of the molecule is O=C(O)c1ccc(CS(=O)(=O)NOCC(F)(F)F)cc1. The van der Waals surface area contributed by atoms with Gasteiger partial charge in [0.15, 0.2) is 6.61 Å². The van der Waals surface area contributed by atoms with E-state index in [0.717, 1.165) is 0 Å². The van der Waals surface area contributed by atoms with E-state index >= 15 is 0 Å². The number of rotatable bonds is 6. The van der Waals surface area contributed by atoms with Crippen LogP contribution in [0.4, 0.5) is 13.2 Å². The fourth-order valence-electron chi connectivity index (χ4n) is 1.19. The number of carbonyl (C=O) groups is 1. The van der Waals surface area contributed by atoms with E-state index in [0.29, 0.717) is 0 Å². The van der Waals surface area contributed by atoms with Gasteiger partial charge in [0.05, 0.1) is 11.3 Å². The van der Waals surface area contributed by atoms with Gasteiger partial charge in [-0.2, -0.15) is 13.2 Å². The fraction of sp³-hybridized carbons (Fsp3) is 0.300. The minimum Gasteiger partial charge on any atom is -0.478 e. The number of aromatic carboxylic acids is 1. The number of nitrogens with one attached hydrogen (secondary N) is 1. The van der Waals surface area contributed by atoms with Crippen molar-refractivity contribution in [1.82, 2.24) is 4.89 Å². The van der Waals surface area contributed by atoms with Gasteiger partial charge in [0, 0.05) is 0 Å². The molecule has 1 aromatic carbocycles. The molecule has 0 amide bonds. The lowest BCUT2D eigenvalue weighted by atomic mass is 10.1. The van der Waals surface area contributed by atoms with Crippen molar-refractivity contribution in [3.05, 3.63) is 35.4 Å². The van der Waals surface area contributed by atoms with Crippen LogP contribution in [0.25, 0.3) is 0 Å². The second-order valence-electron chi connectivity index (χ2n) is 3.75. The normalized spacial score (nSPS) is 12.3. The molecule has 0 spiro atoms. The fourth-order valence-corrected chi connectivity index (χ4v) is 2.12. The van der Waals surface area contributed by atoms with Crippen molar-refractivity contribution >= 4 is 16.0 Å². The Morgan fingerprint density at radius 3 is 2.25 bits per heavy atom. The van der Waals surface area contributed by atoms with Gasteiger partial charge in [0.25, 0.3) is 0 Å². The van der Waals surface area contributed by atoms with Crippen molar-refractivity contribution in [2.24, 2.45) is 0 Å². The summed E-state index contributed by atoms with van der Waals surface area (Å²) in [5, 5.41) is 8.64. The summed E-state index contributed by atoms with van der Waals surface area (Å²) in [4.78, 5) is 15.8. The number of hydrogen-bond acceptors (Lipinski definition) is 4. The first-order valence-electron chi connectivity index (χ1n) is 5.09. The highest BCUT2D eigenvalue weighted by Crippen LogP contribution is 2.14. The Morgan fingerprint density at radius 2 is 1.80 bits per heavy atom.